The predicted molar refractivity (Wildman–Crippen MR) is 57.2 cm³/mol. The van der Waals surface area contributed by atoms with Crippen molar-refractivity contribution in [3.05, 3.63) is 11.9 Å². The maximum absolute atomic E-state index is 11.8. The van der Waals surface area contributed by atoms with E-state index in [0.29, 0.717) is 5.69 Å². The highest BCUT2D eigenvalue weighted by Crippen LogP contribution is 2.08. The summed E-state index contributed by atoms with van der Waals surface area (Å²) in [4.78, 5) is 24.2. The standard InChI is InChI=1S/C10H14N4O3/c15-9(13-3-1-2-4-13)7-14-8(5-10(16)17)6-11-12-14/h6H,1-5,7H2,(H,16,17). The van der Waals surface area contributed by atoms with Gasteiger partial charge in [0.05, 0.1) is 18.3 Å². The van der Waals surface area contributed by atoms with E-state index >= 15 is 0 Å². The normalized spacial score (nSPS) is 15.2. The molecule has 2 heterocycles. The molecular weight excluding hydrogens is 224 g/mol. The lowest BCUT2D eigenvalue weighted by molar-refractivity contribution is -0.136. The molecule has 0 atom stereocenters. The minimum absolute atomic E-state index is 0.0281. The number of likely N-dealkylation sites (tertiary alicyclic amines) is 1. The van der Waals surface area contributed by atoms with Gasteiger partial charge in [-0.25, -0.2) is 4.68 Å². The summed E-state index contributed by atoms with van der Waals surface area (Å²) in [7, 11) is 0. The summed E-state index contributed by atoms with van der Waals surface area (Å²) in [5.41, 5.74) is 0.449. The number of hydrogen-bond acceptors (Lipinski definition) is 4. The van der Waals surface area contributed by atoms with Crippen molar-refractivity contribution in [2.45, 2.75) is 25.8 Å². The maximum atomic E-state index is 11.8. The Hall–Kier alpha value is -1.92. The number of rotatable bonds is 4. The van der Waals surface area contributed by atoms with Gasteiger partial charge in [-0.3, -0.25) is 9.59 Å². The second-order valence-electron chi connectivity index (χ2n) is 4.04. The van der Waals surface area contributed by atoms with Gasteiger partial charge in [-0.15, -0.1) is 5.10 Å². The third-order valence-corrected chi connectivity index (χ3v) is 2.77. The Bertz CT molecular complexity index is 423. The number of carbonyl (C=O) groups is 2. The molecule has 17 heavy (non-hydrogen) atoms. The van der Waals surface area contributed by atoms with E-state index in [-0.39, 0.29) is 18.9 Å². The number of carboxylic acids is 1. The van der Waals surface area contributed by atoms with E-state index in [1.165, 1.54) is 10.9 Å². The van der Waals surface area contributed by atoms with Crippen LogP contribution >= 0.6 is 0 Å². The highest BCUT2D eigenvalue weighted by Gasteiger charge is 2.19. The van der Waals surface area contributed by atoms with Crippen molar-refractivity contribution in [1.82, 2.24) is 19.9 Å². The Balaban J connectivity index is 2.00. The fourth-order valence-corrected chi connectivity index (χ4v) is 1.90. The highest BCUT2D eigenvalue weighted by molar-refractivity contribution is 5.76. The largest absolute Gasteiger partial charge is 0.481 e. The zero-order valence-corrected chi connectivity index (χ0v) is 9.37. The first-order valence-corrected chi connectivity index (χ1v) is 5.54. The molecule has 1 fully saturated rings. The summed E-state index contributed by atoms with van der Waals surface area (Å²) in [5.74, 6) is -0.984. The molecular formula is C10H14N4O3. The Kier molecular flexibility index (Phi) is 3.36. The fraction of sp³-hybridized carbons (Fsp3) is 0.600. The van der Waals surface area contributed by atoms with Gasteiger partial charge in [0.2, 0.25) is 5.91 Å². The zero-order valence-electron chi connectivity index (χ0n) is 9.37. The van der Waals surface area contributed by atoms with E-state index in [1.54, 1.807) is 4.90 Å². The average molecular weight is 238 g/mol. The maximum Gasteiger partial charge on any atom is 0.309 e. The number of nitrogens with zero attached hydrogens (tertiary/aromatic N) is 4. The quantitative estimate of drug-likeness (QED) is 0.766. The molecule has 0 radical (unpaired) electrons. The van der Waals surface area contributed by atoms with Crippen LogP contribution in [0.25, 0.3) is 0 Å². The molecule has 7 heteroatoms. The number of hydrogen-bond donors (Lipinski definition) is 1. The summed E-state index contributed by atoms with van der Waals surface area (Å²) >= 11 is 0. The van der Waals surface area contributed by atoms with Crippen LogP contribution in [0.2, 0.25) is 0 Å². The van der Waals surface area contributed by atoms with Gasteiger partial charge in [-0.2, -0.15) is 0 Å². The first-order chi connectivity index (χ1) is 8.16. The molecule has 92 valence electrons. The van der Waals surface area contributed by atoms with Crippen molar-refractivity contribution in [2.24, 2.45) is 0 Å². The second-order valence-corrected chi connectivity index (χ2v) is 4.04. The summed E-state index contributed by atoms with van der Waals surface area (Å²) in [6.07, 6.45) is 3.28. The lowest BCUT2D eigenvalue weighted by atomic mass is 10.3. The first-order valence-electron chi connectivity index (χ1n) is 5.54. The number of carboxylic acid groups (broad SMARTS) is 1. The molecule has 1 aliphatic rings. The molecule has 0 spiro atoms. The van der Waals surface area contributed by atoms with Crippen LogP contribution in [-0.2, 0) is 22.6 Å². The molecule has 7 nitrogen and oxygen atoms in total. The Labute approximate surface area is 98.0 Å². The van der Waals surface area contributed by atoms with Crippen molar-refractivity contribution >= 4 is 11.9 Å². The number of amides is 1. The van der Waals surface area contributed by atoms with E-state index in [9.17, 15) is 9.59 Å². The number of aliphatic carboxylic acids is 1. The van der Waals surface area contributed by atoms with Crippen LogP contribution in [0.1, 0.15) is 18.5 Å². The molecule has 1 aliphatic heterocycles. The topological polar surface area (TPSA) is 88.3 Å². The lowest BCUT2D eigenvalue weighted by Crippen LogP contribution is -2.32. The van der Waals surface area contributed by atoms with Gasteiger partial charge in [0.25, 0.3) is 0 Å². The predicted octanol–water partition coefficient (Wildman–Crippen LogP) is -0.472. The van der Waals surface area contributed by atoms with Crippen LogP contribution in [0, 0.1) is 0 Å². The first kappa shape index (κ1) is 11.6. The van der Waals surface area contributed by atoms with Gasteiger partial charge in [-0.05, 0) is 12.8 Å². The van der Waals surface area contributed by atoms with E-state index < -0.39 is 5.97 Å². The van der Waals surface area contributed by atoms with E-state index in [4.69, 9.17) is 5.11 Å². The molecule has 0 aromatic carbocycles. The number of aromatic nitrogens is 3. The second kappa shape index (κ2) is 4.94. The van der Waals surface area contributed by atoms with Gasteiger partial charge in [0, 0.05) is 13.1 Å². The van der Waals surface area contributed by atoms with E-state index in [2.05, 4.69) is 10.3 Å². The van der Waals surface area contributed by atoms with Crippen molar-refractivity contribution < 1.29 is 14.7 Å². The average Bonchev–Trinajstić information content (AvgIpc) is 2.89. The molecule has 0 saturated carbocycles. The van der Waals surface area contributed by atoms with Crippen molar-refractivity contribution in [2.75, 3.05) is 13.1 Å². The number of carbonyl (C=O) groups excluding carboxylic acids is 1. The van der Waals surface area contributed by atoms with Crippen molar-refractivity contribution in [3.8, 4) is 0 Å². The van der Waals surface area contributed by atoms with Gasteiger partial charge >= 0.3 is 5.97 Å². The van der Waals surface area contributed by atoms with Crippen molar-refractivity contribution in [3.63, 3.8) is 0 Å². The summed E-state index contributed by atoms with van der Waals surface area (Å²) in [6.45, 7) is 1.63. The molecule has 1 saturated heterocycles. The minimum atomic E-state index is -0.956. The van der Waals surface area contributed by atoms with Gasteiger partial charge in [0.1, 0.15) is 6.54 Å². The molecule has 0 aliphatic carbocycles. The molecule has 0 bridgehead atoms. The lowest BCUT2D eigenvalue weighted by Gasteiger charge is -2.15. The monoisotopic (exact) mass is 238 g/mol. The van der Waals surface area contributed by atoms with Crippen molar-refractivity contribution in [1.29, 1.82) is 0 Å². The van der Waals surface area contributed by atoms with Crippen LogP contribution in [0.5, 0.6) is 0 Å². The fourth-order valence-electron chi connectivity index (χ4n) is 1.90. The molecule has 1 amide bonds. The molecule has 1 aromatic rings. The third-order valence-electron chi connectivity index (χ3n) is 2.77. The Morgan fingerprint density at radius 1 is 1.35 bits per heavy atom. The molecule has 0 unspecified atom stereocenters. The molecule has 1 aromatic heterocycles. The molecule has 1 N–H and O–H groups in total. The zero-order chi connectivity index (χ0) is 12.3. The van der Waals surface area contributed by atoms with Crippen LogP contribution in [-0.4, -0.2) is 50.0 Å². The van der Waals surface area contributed by atoms with Crippen LogP contribution < -0.4 is 0 Å². The Morgan fingerprint density at radius 3 is 2.71 bits per heavy atom. The van der Waals surface area contributed by atoms with Gasteiger partial charge in [0.15, 0.2) is 0 Å². The van der Waals surface area contributed by atoms with Crippen LogP contribution in [0.3, 0.4) is 0 Å². The summed E-state index contributed by atoms with van der Waals surface area (Å²) in [6, 6.07) is 0. The van der Waals surface area contributed by atoms with E-state index in [0.717, 1.165) is 25.9 Å². The summed E-state index contributed by atoms with van der Waals surface area (Å²) < 4.78 is 1.36. The Morgan fingerprint density at radius 2 is 2.06 bits per heavy atom. The van der Waals surface area contributed by atoms with Gasteiger partial charge < -0.3 is 10.0 Å². The molecule has 2 rings (SSSR count). The third kappa shape index (κ3) is 2.80. The van der Waals surface area contributed by atoms with Crippen LogP contribution in [0.15, 0.2) is 6.20 Å². The highest BCUT2D eigenvalue weighted by atomic mass is 16.4. The van der Waals surface area contributed by atoms with E-state index in [1.807, 2.05) is 0 Å². The summed E-state index contributed by atoms with van der Waals surface area (Å²) in [5, 5.41) is 16.1. The van der Waals surface area contributed by atoms with Gasteiger partial charge in [-0.1, -0.05) is 5.21 Å². The SMILES string of the molecule is O=C(O)Cc1cnnn1CC(=O)N1CCCC1. The van der Waals surface area contributed by atoms with Crippen LogP contribution in [0.4, 0.5) is 0 Å². The smallest absolute Gasteiger partial charge is 0.309 e. The minimum Gasteiger partial charge on any atom is -0.481 e.